The molecule has 1 aromatic heterocycles. The van der Waals surface area contributed by atoms with Gasteiger partial charge in [0.1, 0.15) is 29.9 Å². The van der Waals surface area contributed by atoms with Gasteiger partial charge >= 0.3 is 0 Å². The van der Waals surface area contributed by atoms with Gasteiger partial charge in [-0.1, -0.05) is 118 Å². The zero-order valence-corrected chi connectivity index (χ0v) is 46.7. The molecular formula is C52H75N11O6S4. The van der Waals surface area contributed by atoms with E-state index in [0.717, 1.165) is 22.6 Å². The maximum Gasteiger partial charge on any atom is 0.246 e. The average Bonchev–Trinajstić information content (AvgIpc) is 3.96. The zero-order chi connectivity index (χ0) is 52.5. The maximum atomic E-state index is 14.5. The summed E-state index contributed by atoms with van der Waals surface area (Å²) >= 11 is 14.7. The molecule has 73 heavy (non-hydrogen) atoms. The van der Waals surface area contributed by atoms with Gasteiger partial charge in [0.25, 0.3) is 0 Å². The fourth-order valence-corrected chi connectivity index (χ4v) is 13.9. The van der Waals surface area contributed by atoms with E-state index in [1.54, 1.807) is 38.0 Å². The van der Waals surface area contributed by atoms with Crippen LogP contribution in [0, 0.1) is 10.8 Å². The fourth-order valence-electron chi connectivity index (χ4n) is 10.2. The highest BCUT2D eigenvalue weighted by Crippen LogP contribution is 2.48. The number of carbonyl (C=O) groups is 4. The van der Waals surface area contributed by atoms with Crippen molar-refractivity contribution in [3.63, 3.8) is 0 Å². The lowest BCUT2D eigenvalue weighted by Crippen LogP contribution is -2.58. The van der Waals surface area contributed by atoms with Crippen LogP contribution in [0.15, 0.2) is 66.9 Å². The number of nitrogens with zero attached hydrogens (tertiary/aromatic N) is 5. The molecule has 4 fully saturated rings. The first kappa shape index (κ1) is 56.5. The topological polar surface area (TPSA) is 196 Å². The second-order valence-electron chi connectivity index (χ2n) is 20.9. The lowest BCUT2D eigenvalue weighted by molar-refractivity contribution is -0.142. The van der Waals surface area contributed by atoms with Crippen LogP contribution in [-0.2, 0) is 41.8 Å². The number of ether oxygens (including phenoxy) is 2. The maximum absolute atomic E-state index is 14.5. The molecule has 0 bridgehead atoms. The highest BCUT2D eigenvalue weighted by molar-refractivity contribution is 8.00. The molecule has 3 unspecified atom stereocenters. The van der Waals surface area contributed by atoms with Crippen molar-refractivity contribution < 1.29 is 28.7 Å². The number of carbonyl (C=O) groups excluding carboxylic acids is 4. The molecule has 21 heteroatoms. The van der Waals surface area contributed by atoms with Gasteiger partial charge in [0.05, 0.1) is 70.9 Å². The number of nitrogens with one attached hydrogen (secondary N) is 6. The minimum absolute atomic E-state index is 0.0909. The molecule has 0 spiro atoms. The summed E-state index contributed by atoms with van der Waals surface area (Å²) < 4.78 is 14.2. The van der Waals surface area contributed by atoms with E-state index in [9.17, 15) is 19.2 Å². The highest BCUT2D eigenvalue weighted by Gasteiger charge is 2.56. The van der Waals surface area contributed by atoms with Gasteiger partial charge in [0.15, 0.2) is 0 Å². The van der Waals surface area contributed by atoms with Crippen molar-refractivity contribution >= 4 is 81.6 Å². The first-order valence-electron chi connectivity index (χ1n) is 25.5. The van der Waals surface area contributed by atoms with Crippen LogP contribution < -0.4 is 31.9 Å². The van der Waals surface area contributed by atoms with Crippen molar-refractivity contribution in [1.82, 2.24) is 56.7 Å². The number of aromatic nitrogens is 3. The second kappa shape index (κ2) is 25.5. The van der Waals surface area contributed by atoms with Crippen molar-refractivity contribution in [3.05, 3.63) is 83.7 Å². The zero-order valence-electron chi connectivity index (χ0n) is 43.4. The van der Waals surface area contributed by atoms with Gasteiger partial charge in [0.2, 0.25) is 23.6 Å². The predicted molar refractivity (Wildman–Crippen MR) is 296 cm³/mol. The lowest BCUT2D eigenvalue weighted by atomic mass is 9.83. The Kier molecular flexibility index (Phi) is 19.8. The van der Waals surface area contributed by atoms with E-state index >= 15 is 0 Å². The Bertz CT molecular complexity index is 2380. The third-order valence-electron chi connectivity index (χ3n) is 14.5. The Hall–Kier alpha value is -4.22. The van der Waals surface area contributed by atoms with Crippen LogP contribution in [0.5, 0.6) is 0 Å². The predicted octanol–water partition coefficient (Wildman–Crippen LogP) is 4.88. The summed E-state index contributed by atoms with van der Waals surface area (Å²) in [6.07, 6.45) is 5.12. The number of fused-ring (bicyclic) bond motifs is 2. The van der Waals surface area contributed by atoms with E-state index in [-0.39, 0.29) is 66.3 Å². The van der Waals surface area contributed by atoms with Crippen molar-refractivity contribution in [3.8, 4) is 0 Å². The Morgan fingerprint density at radius 2 is 1.18 bits per heavy atom. The summed E-state index contributed by atoms with van der Waals surface area (Å²) in [6.45, 7) is 13.7. The summed E-state index contributed by atoms with van der Waals surface area (Å²) in [5.74, 6) is 0.925. The standard InChI is InChI=1S/C52H75N11O6S4/c1-32(53-7)47(70)57-37-20-24-72-41-26-51(3,4)43(62(41)49(37)66)45(64)55-39(34-16-11-9-12-17-34)30-68-23-15-22-61-28-36(59-60-61)29-69-31-40(35-18-13-10-14-19-35)56-46(65)44-52(5,6)27-42-63(44)50(67)38(21-25-73-42)58-48(71)33(2)54-8/h9-14,16-19,28,32-33,37-44,53-54H,15,20-27,29-31H2,1-8H3,(H,55,64)(H,56,65)(H,57,70)(H,58,71)/t32-,33-,37?,38-,39+,40+,41?,42-,43?,44+/m0/s1. The monoisotopic (exact) mass is 1080 g/mol. The summed E-state index contributed by atoms with van der Waals surface area (Å²) in [5.41, 5.74) is 1.49. The van der Waals surface area contributed by atoms with Crippen molar-refractivity contribution in [2.75, 3.05) is 45.4 Å². The summed E-state index contributed by atoms with van der Waals surface area (Å²) in [5, 5.41) is 27.9. The molecule has 7 rings (SSSR count). The smallest absolute Gasteiger partial charge is 0.246 e. The molecule has 4 amide bonds. The van der Waals surface area contributed by atoms with Crippen LogP contribution in [0.3, 0.4) is 0 Å². The second-order valence-corrected chi connectivity index (χ2v) is 24.4. The molecule has 6 N–H and O–H groups in total. The number of thioether (sulfide) groups is 2. The summed E-state index contributed by atoms with van der Waals surface area (Å²) in [6, 6.07) is 16.0. The molecule has 4 saturated heterocycles. The minimum atomic E-state index is -0.689. The first-order chi connectivity index (χ1) is 34.9. The van der Waals surface area contributed by atoms with Crippen molar-refractivity contribution in [1.29, 1.82) is 0 Å². The lowest BCUT2D eigenvalue weighted by Gasteiger charge is -2.35. The summed E-state index contributed by atoms with van der Waals surface area (Å²) in [4.78, 5) is 62.2. The van der Waals surface area contributed by atoms with Crippen LogP contribution in [0.25, 0.3) is 0 Å². The Labute approximate surface area is 450 Å². The fraction of sp³-hybridized carbons (Fsp3) is 0.615. The van der Waals surface area contributed by atoms with Gasteiger partial charge in [-0.2, -0.15) is 0 Å². The number of hydrogen-bond donors (Lipinski definition) is 6. The Morgan fingerprint density at radius 3 is 1.63 bits per heavy atom. The third-order valence-corrected chi connectivity index (χ3v) is 17.9. The first-order valence-corrected chi connectivity index (χ1v) is 28.4. The van der Waals surface area contributed by atoms with Gasteiger partial charge < -0.3 is 51.2 Å². The number of benzene rings is 2. The molecule has 17 nitrogen and oxygen atoms in total. The molecule has 398 valence electrons. The molecule has 4 aliphatic heterocycles. The normalized spacial score (nSPS) is 25.0. The number of aryl methyl sites for hydroxylation is 1. The number of rotatable bonds is 22. The average molecular weight is 1080 g/mol. The molecular weight excluding hydrogens is 1000 g/mol. The van der Waals surface area contributed by atoms with Gasteiger partial charge in [-0.3, -0.25) is 23.9 Å². The van der Waals surface area contributed by atoms with Crippen molar-refractivity contribution in [2.45, 2.75) is 146 Å². The van der Waals surface area contributed by atoms with E-state index in [4.69, 9.17) is 33.9 Å². The minimum Gasteiger partial charge on any atom is -0.379 e. The quantitative estimate of drug-likeness (QED) is 0.0588. The third kappa shape index (κ3) is 14.0. The van der Waals surface area contributed by atoms with Crippen molar-refractivity contribution in [2.24, 2.45) is 10.8 Å². The molecule has 3 aromatic rings. The van der Waals surface area contributed by atoms with E-state index in [2.05, 4.69) is 69.9 Å². The van der Waals surface area contributed by atoms with Crippen LogP contribution in [0.1, 0.15) is 103 Å². The highest BCUT2D eigenvalue weighted by atomic mass is 32.2. The van der Waals surface area contributed by atoms with E-state index in [1.807, 2.05) is 94.8 Å². The molecule has 0 radical (unpaired) electrons. The van der Waals surface area contributed by atoms with Crippen LogP contribution in [0.2, 0.25) is 0 Å². The number of thiocarbonyl (C=S) groups is 2. The summed E-state index contributed by atoms with van der Waals surface area (Å²) in [7, 11) is 3.66. The molecule has 10 atom stereocenters. The Balaban J connectivity index is 0.920. The van der Waals surface area contributed by atoms with Crippen LogP contribution in [-0.4, -0.2) is 151 Å². The number of amides is 4. The molecule has 2 aromatic carbocycles. The van der Waals surface area contributed by atoms with E-state index in [1.165, 1.54) is 0 Å². The van der Waals surface area contributed by atoms with Crippen LogP contribution in [0.4, 0.5) is 0 Å². The van der Waals surface area contributed by atoms with Crippen LogP contribution >= 0.6 is 48.0 Å². The van der Waals surface area contributed by atoms with Gasteiger partial charge in [0, 0.05) is 13.2 Å². The van der Waals surface area contributed by atoms with Gasteiger partial charge in [-0.05, 0) is 93.5 Å². The van der Waals surface area contributed by atoms with E-state index in [0.29, 0.717) is 60.9 Å². The molecule has 0 saturated carbocycles. The largest absolute Gasteiger partial charge is 0.379 e. The van der Waals surface area contributed by atoms with E-state index < -0.39 is 47.1 Å². The van der Waals surface area contributed by atoms with Gasteiger partial charge in [-0.15, -0.1) is 28.6 Å². The Morgan fingerprint density at radius 1 is 0.726 bits per heavy atom. The molecule has 0 aliphatic carbocycles. The van der Waals surface area contributed by atoms with Gasteiger partial charge in [-0.25, -0.2) is 0 Å². The number of likely N-dealkylation sites (N-methyl/N-ethyl adjacent to an activating group) is 2. The molecule has 5 heterocycles. The SMILES string of the molecule is CN[C@@H](C)C(=S)NC1CCSC2CC(C)(C)C(C(=O)N[C@H](COCCCn3cc(COC[C@@H](NC(=O)[C@H]4N5C(=O)[C@@H](NC(=S)[C@H](C)NC)CCS[C@H]5CC4(C)C)c4ccccc4)nn3)c3ccccc3)N2C1=O. The number of hydrogen-bond acceptors (Lipinski definition) is 14. The molecule has 4 aliphatic rings.